The number of piperazine rings is 1. The van der Waals surface area contributed by atoms with Gasteiger partial charge in [0.15, 0.2) is 5.82 Å². The van der Waals surface area contributed by atoms with Crippen LogP contribution in [0.2, 0.25) is 0 Å². The normalized spacial score (nSPS) is 13.4. The number of hydrogen-bond acceptors (Lipinski definition) is 7. The monoisotopic (exact) mass is 509 g/mol. The molecule has 1 aliphatic heterocycles. The van der Waals surface area contributed by atoms with Crippen molar-refractivity contribution in [3.63, 3.8) is 0 Å². The van der Waals surface area contributed by atoms with Crippen molar-refractivity contribution in [2.75, 3.05) is 36.4 Å². The second-order valence-electron chi connectivity index (χ2n) is 8.60. The van der Waals surface area contributed by atoms with Gasteiger partial charge >= 0.3 is 0 Å². The van der Waals surface area contributed by atoms with Crippen LogP contribution in [0, 0.1) is 18.6 Å². The highest BCUT2D eigenvalue weighted by Gasteiger charge is 2.17. The molecule has 1 aliphatic rings. The number of nitrogens with one attached hydrogen (secondary N) is 2. The number of rotatable bonds is 5. The Morgan fingerprint density at radius 2 is 1.81 bits per heavy atom. The van der Waals surface area contributed by atoms with E-state index < -0.39 is 11.6 Å². The van der Waals surface area contributed by atoms with Crippen molar-refractivity contribution in [3.05, 3.63) is 72.2 Å². The van der Waals surface area contributed by atoms with Gasteiger partial charge in [-0.15, -0.1) is 12.4 Å². The van der Waals surface area contributed by atoms with Crippen LogP contribution in [0.1, 0.15) is 18.2 Å². The van der Waals surface area contributed by atoms with E-state index in [-0.39, 0.29) is 35.1 Å². The number of halogens is 3. The predicted octanol–water partition coefficient (Wildman–Crippen LogP) is 5.28. The van der Waals surface area contributed by atoms with E-state index in [1.807, 2.05) is 25.1 Å². The Kier molecular flexibility index (Phi) is 7.42. The molecule has 1 saturated heterocycles. The molecule has 0 aliphatic carbocycles. The summed E-state index contributed by atoms with van der Waals surface area (Å²) < 4.78 is 29.8. The molecule has 5 rings (SSSR count). The van der Waals surface area contributed by atoms with Crippen LogP contribution in [-0.2, 0) is 0 Å². The fourth-order valence-electron chi connectivity index (χ4n) is 4.22. The summed E-state index contributed by atoms with van der Waals surface area (Å²) in [4.78, 5) is 19.4. The predicted molar refractivity (Wildman–Crippen MR) is 142 cm³/mol. The van der Waals surface area contributed by atoms with E-state index in [1.165, 1.54) is 6.07 Å². The number of anilines is 3. The topological polar surface area (TPSA) is 78.9 Å². The molecule has 10 heteroatoms. The van der Waals surface area contributed by atoms with Crippen LogP contribution >= 0.6 is 12.4 Å². The van der Waals surface area contributed by atoms with Crippen molar-refractivity contribution < 1.29 is 8.78 Å². The van der Waals surface area contributed by atoms with Gasteiger partial charge in [-0.05, 0) is 49.7 Å². The summed E-state index contributed by atoms with van der Waals surface area (Å²) in [5, 5.41) is 6.88. The van der Waals surface area contributed by atoms with Gasteiger partial charge in [0.1, 0.15) is 22.8 Å². The van der Waals surface area contributed by atoms with Gasteiger partial charge < -0.3 is 15.5 Å². The average molecular weight is 510 g/mol. The van der Waals surface area contributed by atoms with E-state index >= 15 is 4.39 Å². The Balaban J connectivity index is 0.00000304. The van der Waals surface area contributed by atoms with Crippen molar-refractivity contribution in [2.24, 2.45) is 0 Å². The minimum atomic E-state index is -0.659. The lowest BCUT2D eigenvalue weighted by molar-refractivity contribution is 0.589. The van der Waals surface area contributed by atoms with Crippen molar-refractivity contribution in [3.8, 4) is 11.3 Å². The second kappa shape index (κ2) is 10.5. The number of aryl methyl sites for hydroxylation is 1. The number of aromatic nitrogens is 4. The van der Waals surface area contributed by atoms with Crippen LogP contribution < -0.4 is 15.5 Å². The molecule has 7 nitrogen and oxygen atoms in total. The third kappa shape index (κ3) is 5.12. The first-order valence-corrected chi connectivity index (χ1v) is 11.4. The molecule has 3 aromatic heterocycles. The van der Waals surface area contributed by atoms with Crippen LogP contribution in [-0.4, -0.2) is 46.1 Å². The Bertz CT molecular complexity index is 1420. The molecule has 0 unspecified atom stereocenters. The highest BCUT2D eigenvalue weighted by atomic mass is 35.5. The first-order valence-electron chi connectivity index (χ1n) is 11.4. The molecule has 1 fully saturated rings. The maximum atomic E-state index is 15.0. The number of hydrogen-bond donors (Lipinski definition) is 2. The van der Waals surface area contributed by atoms with E-state index in [4.69, 9.17) is 0 Å². The maximum Gasteiger partial charge on any atom is 0.229 e. The minimum Gasteiger partial charge on any atom is -0.368 e. The highest BCUT2D eigenvalue weighted by Crippen LogP contribution is 2.32. The largest absolute Gasteiger partial charge is 0.368 e. The molecular formula is C26H26ClF2N7. The third-order valence-corrected chi connectivity index (χ3v) is 5.94. The number of benzene rings is 1. The lowest BCUT2D eigenvalue weighted by Crippen LogP contribution is -2.43. The number of pyridine rings is 2. The fourth-order valence-corrected chi connectivity index (χ4v) is 4.22. The van der Waals surface area contributed by atoms with E-state index in [9.17, 15) is 4.39 Å². The first-order chi connectivity index (χ1) is 16.9. The van der Waals surface area contributed by atoms with Crippen molar-refractivity contribution >= 4 is 46.3 Å². The third-order valence-electron chi connectivity index (χ3n) is 5.94. The minimum absolute atomic E-state index is 0. The molecule has 0 saturated carbocycles. The molecule has 186 valence electrons. The van der Waals surface area contributed by atoms with Gasteiger partial charge in [0, 0.05) is 42.8 Å². The zero-order valence-corrected chi connectivity index (χ0v) is 20.8. The van der Waals surface area contributed by atoms with Crippen LogP contribution in [0.3, 0.4) is 0 Å². The summed E-state index contributed by atoms with van der Waals surface area (Å²) in [6.45, 7) is 11.3. The Hall–Kier alpha value is -3.69. The molecule has 4 heterocycles. The molecule has 2 N–H and O–H groups in total. The molecule has 1 aromatic carbocycles. The summed E-state index contributed by atoms with van der Waals surface area (Å²) in [5.74, 6) is -0.531. The van der Waals surface area contributed by atoms with Gasteiger partial charge in [-0.3, -0.25) is 4.98 Å². The van der Waals surface area contributed by atoms with Gasteiger partial charge in [-0.1, -0.05) is 12.2 Å². The summed E-state index contributed by atoms with van der Waals surface area (Å²) in [5.41, 5.74) is 3.71. The van der Waals surface area contributed by atoms with E-state index in [0.717, 1.165) is 49.2 Å². The molecule has 0 amide bonds. The van der Waals surface area contributed by atoms with E-state index in [1.54, 1.807) is 19.2 Å². The van der Waals surface area contributed by atoms with Crippen molar-refractivity contribution in [1.29, 1.82) is 0 Å². The Labute approximate surface area is 214 Å². The van der Waals surface area contributed by atoms with Crippen LogP contribution in [0.25, 0.3) is 27.7 Å². The van der Waals surface area contributed by atoms with E-state index in [2.05, 4.69) is 42.0 Å². The van der Waals surface area contributed by atoms with Crippen LogP contribution in [0.15, 0.2) is 49.3 Å². The van der Waals surface area contributed by atoms with Gasteiger partial charge in [0.2, 0.25) is 5.95 Å². The van der Waals surface area contributed by atoms with E-state index in [0.29, 0.717) is 16.9 Å². The summed E-state index contributed by atoms with van der Waals surface area (Å²) in [7, 11) is 0. The summed E-state index contributed by atoms with van der Waals surface area (Å²) in [6.07, 6.45) is 2.85. The zero-order valence-electron chi connectivity index (χ0n) is 20.0. The van der Waals surface area contributed by atoms with Gasteiger partial charge in [-0.25, -0.2) is 23.7 Å². The molecule has 4 aromatic rings. The van der Waals surface area contributed by atoms with Gasteiger partial charge in [0.05, 0.1) is 18.1 Å². The molecule has 36 heavy (non-hydrogen) atoms. The Morgan fingerprint density at radius 3 is 2.50 bits per heavy atom. The molecule has 0 radical (unpaired) electrons. The molecule has 0 bridgehead atoms. The molecular weight excluding hydrogens is 484 g/mol. The zero-order chi connectivity index (χ0) is 24.5. The summed E-state index contributed by atoms with van der Waals surface area (Å²) >= 11 is 0. The van der Waals surface area contributed by atoms with Crippen molar-refractivity contribution in [2.45, 2.75) is 13.8 Å². The summed E-state index contributed by atoms with van der Waals surface area (Å²) in [6, 6.07) is 8.56. The molecule has 0 atom stereocenters. The second-order valence-corrected chi connectivity index (χ2v) is 8.60. The number of allylic oxidation sites excluding steroid dienone is 1. The van der Waals surface area contributed by atoms with Crippen LogP contribution in [0.5, 0.6) is 0 Å². The van der Waals surface area contributed by atoms with Crippen LogP contribution in [0.4, 0.5) is 26.2 Å². The molecule has 0 spiro atoms. The lowest BCUT2D eigenvalue weighted by Gasteiger charge is -2.29. The number of nitrogens with zero attached hydrogens (tertiary/aromatic N) is 5. The first kappa shape index (κ1) is 25.4. The highest BCUT2D eigenvalue weighted by molar-refractivity contribution is 5.94. The Morgan fingerprint density at radius 1 is 1.03 bits per heavy atom. The number of fused-ring (bicyclic) bond motifs is 1. The lowest BCUT2D eigenvalue weighted by atomic mass is 9.99. The van der Waals surface area contributed by atoms with Gasteiger partial charge in [-0.2, -0.15) is 0 Å². The quantitative estimate of drug-likeness (QED) is 0.379. The smallest absolute Gasteiger partial charge is 0.229 e. The van der Waals surface area contributed by atoms with Crippen molar-refractivity contribution in [1.82, 2.24) is 25.3 Å². The van der Waals surface area contributed by atoms with Gasteiger partial charge in [0.25, 0.3) is 0 Å². The SMILES string of the molecule is C=C(C)c1cc(C)nc2c(F)cc(-c3nc(Nc4ccc(N5CCNCC5)cn4)ncc3F)cc12.Cl. The fraction of sp³-hybridized carbons (Fsp3) is 0.231. The standard InChI is InChI=1S/C26H25F2N7.ClH/c1-15(2)19-10-16(3)32-25-20(19)11-17(12-21(25)27)24-22(28)14-31-26(34-24)33-23-5-4-18(13-30-23)35-8-6-29-7-9-35;/h4-5,10-14,29H,1,6-9H2,2-3H3,(H,30,31,33,34);1H. The maximum absolute atomic E-state index is 15.0. The average Bonchev–Trinajstić information content (AvgIpc) is 2.86.